The number of nitrogens with zero attached hydrogens (tertiary/aromatic N) is 2. The average molecular weight is 234 g/mol. The summed E-state index contributed by atoms with van der Waals surface area (Å²) in [5, 5.41) is 5.69. The minimum Gasteiger partial charge on any atom is -0.249 e. The van der Waals surface area contributed by atoms with Crippen LogP contribution in [0.15, 0.2) is 5.29 Å². The Hall–Kier alpha value is -0.600. The average Bonchev–Trinajstić information content (AvgIpc) is 3.09. The lowest BCUT2D eigenvalue weighted by Gasteiger charge is -2.46. The monoisotopic (exact) mass is 234 g/mol. The first-order valence-corrected chi connectivity index (χ1v) is 7.40. The SMILES string of the molecule is O=NN(C12CCC(CC1)C2)C12CCC(CC1)C2. The van der Waals surface area contributed by atoms with Crippen LogP contribution in [0.3, 0.4) is 0 Å². The molecule has 0 N–H and O–H groups in total. The lowest BCUT2D eigenvalue weighted by Crippen LogP contribution is -2.54. The van der Waals surface area contributed by atoms with Crippen molar-refractivity contribution in [2.75, 3.05) is 0 Å². The third-order valence-corrected chi connectivity index (χ3v) is 6.39. The summed E-state index contributed by atoms with van der Waals surface area (Å²) < 4.78 is 0. The highest BCUT2D eigenvalue weighted by molar-refractivity contribution is 5.12. The van der Waals surface area contributed by atoms with E-state index in [9.17, 15) is 4.91 Å². The second kappa shape index (κ2) is 3.24. The molecule has 0 heterocycles. The van der Waals surface area contributed by atoms with E-state index >= 15 is 0 Å². The number of hydrogen-bond donors (Lipinski definition) is 0. The lowest BCUT2D eigenvalue weighted by atomic mass is 9.85. The molecule has 0 radical (unpaired) electrons. The smallest absolute Gasteiger partial charge is 0.0620 e. The standard InChI is InChI=1S/C14H22N2O/c17-15-16(13-5-1-11(9-13)2-6-13)14-7-3-12(10-14)4-8-14/h11-12H,1-10H2. The van der Waals surface area contributed by atoms with E-state index in [2.05, 4.69) is 10.3 Å². The fraction of sp³-hybridized carbons (Fsp3) is 1.00. The third kappa shape index (κ3) is 1.23. The molecule has 94 valence electrons. The van der Waals surface area contributed by atoms with Gasteiger partial charge in [0.15, 0.2) is 0 Å². The first kappa shape index (κ1) is 10.3. The zero-order valence-corrected chi connectivity index (χ0v) is 10.5. The Morgan fingerprint density at radius 3 is 1.47 bits per heavy atom. The van der Waals surface area contributed by atoms with Crippen LogP contribution in [0, 0.1) is 16.7 Å². The molecule has 0 aliphatic heterocycles. The van der Waals surface area contributed by atoms with E-state index in [1.54, 1.807) is 0 Å². The van der Waals surface area contributed by atoms with Crippen molar-refractivity contribution < 1.29 is 0 Å². The minimum atomic E-state index is 0.186. The molecule has 0 aromatic rings. The highest BCUT2D eigenvalue weighted by Gasteiger charge is 2.59. The van der Waals surface area contributed by atoms with Gasteiger partial charge in [-0.1, -0.05) is 0 Å². The number of fused-ring (bicyclic) bond motifs is 4. The Bertz CT molecular complexity index is 308. The van der Waals surface area contributed by atoms with Crippen molar-refractivity contribution in [3.05, 3.63) is 4.91 Å². The van der Waals surface area contributed by atoms with Crippen LogP contribution in [0.1, 0.15) is 64.2 Å². The highest BCUT2D eigenvalue weighted by atomic mass is 16.3. The molecule has 4 saturated carbocycles. The van der Waals surface area contributed by atoms with Crippen LogP contribution in [0.25, 0.3) is 0 Å². The highest BCUT2D eigenvalue weighted by Crippen LogP contribution is 2.59. The zero-order chi connectivity index (χ0) is 11.5. The summed E-state index contributed by atoms with van der Waals surface area (Å²) >= 11 is 0. The van der Waals surface area contributed by atoms with Gasteiger partial charge >= 0.3 is 0 Å². The van der Waals surface area contributed by atoms with Crippen molar-refractivity contribution in [3.8, 4) is 0 Å². The molecule has 17 heavy (non-hydrogen) atoms. The minimum absolute atomic E-state index is 0.186. The Kier molecular flexibility index (Phi) is 1.97. The maximum Gasteiger partial charge on any atom is 0.0620 e. The van der Waals surface area contributed by atoms with E-state index in [0.29, 0.717) is 0 Å². The molecule has 0 saturated heterocycles. The van der Waals surface area contributed by atoms with Gasteiger partial charge in [-0.25, -0.2) is 5.01 Å². The predicted molar refractivity (Wildman–Crippen MR) is 66.2 cm³/mol. The molecule has 0 atom stereocenters. The first-order chi connectivity index (χ1) is 8.26. The van der Waals surface area contributed by atoms with Gasteiger partial charge in [0.05, 0.1) is 16.4 Å². The van der Waals surface area contributed by atoms with Gasteiger partial charge < -0.3 is 0 Å². The van der Waals surface area contributed by atoms with Crippen LogP contribution < -0.4 is 0 Å². The fourth-order valence-corrected chi connectivity index (χ4v) is 5.59. The lowest BCUT2D eigenvalue weighted by molar-refractivity contribution is -0.0152. The van der Waals surface area contributed by atoms with Crippen LogP contribution in [0.5, 0.6) is 0 Å². The van der Waals surface area contributed by atoms with Crippen molar-refractivity contribution in [2.24, 2.45) is 17.1 Å². The maximum absolute atomic E-state index is 11.5. The molecule has 4 fully saturated rings. The van der Waals surface area contributed by atoms with Crippen molar-refractivity contribution in [1.82, 2.24) is 5.01 Å². The summed E-state index contributed by atoms with van der Waals surface area (Å²) in [5.74, 6) is 1.79. The van der Waals surface area contributed by atoms with Gasteiger partial charge in [-0.05, 0) is 76.0 Å². The van der Waals surface area contributed by atoms with E-state index in [0.717, 1.165) is 11.8 Å². The van der Waals surface area contributed by atoms with Crippen LogP contribution in [-0.2, 0) is 0 Å². The molecule has 0 aromatic heterocycles. The van der Waals surface area contributed by atoms with E-state index in [1.807, 2.05) is 0 Å². The van der Waals surface area contributed by atoms with Crippen molar-refractivity contribution in [1.29, 1.82) is 0 Å². The van der Waals surface area contributed by atoms with E-state index in [1.165, 1.54) is 64.2 Å². The van der Waals surface area contributed by atoms with Crippen LogP contribution >= 0.6 is 0 Å². The molecule has 4 rings (SSSR count). The van der Waals surface area contributed by atoms with Gasteiger partial charge in [0.25, 0.3) is 0 Å². The number of rotatable bonds is 3. The molecule has 0 unspecified atom stereocenters. The molecule has 3 heteroatoms. The first-order valence-electron chi connectivity index (χ1n) is 7.40. The van der Waals surface area contributed by atoms with Crippen molar-refractivity contribution in [2.45, 2.75) is 75.3 Å². The summed E-state index contributed by atoms with van der Waals surface area (Å²) in [6.07, 6.45) is 12.8. The van der Waals surface area contributed by atoms with E-state index < -0.39 is 0 Å². The van der Waals surface area contributed by atoms with Crippen molar-refractivity contribution in [3.63, 3.8) is 0 Å². The fourth-order valence-electron chi connectivity index (χ4n) is 5.59. The van der Waals surface area contributed by atoms with Gasteiger partial charge in [0, 0.05) is 0 Å². The second-order valence-electron chi connectivity index (χ2n) is 7.14. The van der Waals surface area contributed by atoms with Crippen molar-refractivity contribution >= 4 is 0 Å². The van der Waals surface area contributed by atoms with Crippen LogP contribution in [0.2, 0.25) is 0 Å². The largest absolute Gasteiger partial charge is 0.249 e. The second-order valence-corrected chi connectivity index (χ2v) is 7.14. The quantitative estimate of drug-likeness (QED) is 0.551. The molecule has 4 bridgehead atoms. The number of hydrogen-bond acceptors (Lipinski definition) is 2. The Morgan fingerprint density at radius 1 is 0.824 bits per heavy atom. The third-order valence-electron chi connectivity index (χ3n) is 6.39. The zero-order valence-electron chi connectivity index (χ0n) is 10.5. The summed E-state index contributed by atoms with van der Waals surface area (Å²) in [6.45, 7) is 0. The van der Waals surface area contributed by atoms with Gasteiger partial charge in [0.1, 0.15) is 0 Å². The van der Waals surface area contributed by atoms with E-state index in [-0.39, 0.29) is 11.1 Å². The maximum atomic E-state index is 11.5. The van der Waals surface area contributed by atoms with Gasteiger partial charge in [-0.3, -0.25) is 0 Å². The Labute approximate surface area is 103 Å². The van der Waals surface area contributed by atoms with Gasteiger partial charge in [0.2, 0.25) is 0 Å². The van der Waals surface area contributed by atoms with Gasteiger partial charge in [-0.2, -0.15) is 0 Å². The Balaban J connectivity index is 1.68. The molecular weight excluding hydrogens is 212 g/mol. The molecule has 4 aliphatic carbocycles. The van der Waals surface area contributed by atoms with Gasteiger partial charge in [-0.15, -0.1) is 4.91 Å². The number of nitroso groups, excluding NO2 is 1. The van der Waals surface area contributed by atoms with Crippen LogP contribution in [-0.4, -0.2) is 16.1 Å². The molecule has 0 spiro atoms. The summed E-state index contributed by atoms with van der Waals surface area (Å²) in [4.78, 5) is 11.5. The predicted octanol–water partition coefficient (Wildman–Crippen LogP) is 3.64. The summed E-state index contributed by atoms with van der Waals surface area (Å²) in [6, 6.07) is 0. The molecular formula is C14H22N2O. The Morgan fingerprint density at radius 2 is 1.24 bits per heavy atom. The summed E-state index contributed by atoms with van der Waals surface area (Å²) in [5.41, 5.74) is 0.372. The molecule has 3 nitrogen and oxygen atoms in total. The topological polar surface area (TPSA) is 32.7 Å². The molecule has 0 amide bonds. The molecule has 4 aliphatic rings. The van der Waals surface area contributed by atoms with E-state index in [4.69, 9.17) is 0 Å². The summed E-state index contributed by atoms with van der Waals surface area (Å²) in [7, 11) is 0. The van der Waals surface area contributed by atoms with Crippen LogP contribution in [0.4, 0.5) is 0 Å². The normalized spacial score (nSPS) is 51.1. The molecule has 0 aromatic carbocycles.